The number of H-pyrrole nitrogens is 1. The van der Waals surface area contributed by atoms with Crippen LogP contribution in [0.4, 0.5) is 13.2 Å². The van der Waals surface area contributed by atoms with E-state index in [0.29, 0.717) is 53.0 Å². The summed E-state index contributed by atoms with van der Waals surface area (Å²) in [7, 11) is 1.52. The molecule has 41 heavy (non-hydrogen) atoms. The van der Waals surface area contributed by atoms with E-state index in [1.807, 2.05) is 0 Å². The number of rotatable bonds is 7. The molecule has 1 aliphatic carbocycles. The quantitative estimate of drug-likeness (QED) is 0.316. The van der Waals surface area contributed by atoms with Gasteiger partial charge in [-0.3, -0.25) is 4.57 Å². The minimum atomic E-state index is -4.56. The topological polar surface area (TPSA) is 126 Å². The Labute approximate surface area is 230 Å². The van der Waals surface area contributed by atoms with E-state index in [2.05, 4.69) is 25.0 Å². The van der Waals surface area contributed by atoms with E-state index in [1.54, 1.807) is 30.5 Å². The van der Waals surface area contributed by atoms with Crippen LogP contribution in [0.1, 0.15) is 47.3 Å². The van der Waals surface area contributed by atoms with E-state index in [-0.39, 0.29) is 24.1 Å². The van der Waals surface area contributed by atoms with Crippen LogP contribution in [0.2, 0.25) is 0 Å². The maximum atomic E-state index is 13.4. The van der Waals surface area contributed by atoms with Crippen LogP contribution >= 0.6 is 0 Å². The molecule has 0 amide bonds. The van der Waals surface area contributed by atoms with Crippen molar-refractivity contribution in [2.24, 2.45) is 0 Å². The summed E-state index contributed by atoms with van der Waals surface area (Å²) in [6.07, 6.45) is 0.458. The zero-order valence-corrected chi connectivity index (χ0v) is 21.7. The van der Waals surface area contributed by atoms with Crippen molar-refractivity contribution in [3.05, 3.63) is 76.0 Å². The Kier molecular flexibility index (Phi) is 5.89. The fourth-order valence-corrected chi connectivity index (χ4v) is 4.99. The number of halogens is 3. The van der Waals surface area contributed by atoms with Crippen LogP contribution in [0.25, 0.3) is 28.2 Å². The van der Waals surface area contributed by atoms with Gasteiger partial charge in [0.1, 0.15) is 17.4 Å². The minimum absolute atomic E-state index is 0.161. The van der Waals surface area contributed by atoms with E-state index in [0.717, 1.165) is 30.2 Å². The van der Waals surface area contributed by atoms with Gasteiger partial charge in [-0.25, -0.2) is 29.4 Å². The zero-order chi connectivity index (χ0) is 28.3. The summed E-state index contributed by atoms with van der Waals surface area (Å²) in [6.45, 7) is 0.860. The second-order valence-corrected chi connectivity index (χ2v) is 10.1. The smallest absolute Gasteiger partial charge is 0.435 e. The lowest BCUT2D eigenvalue weighted by Gasteiger charge is -2.26. The van der Waals surface area contributed by atoms with E-state index in [4.69, 9.17) is 14.5 Å². The third-order valence-corrected chi connectivity index (χ3v) is 7.34. The zero-order valence-electron chi connectivity index (χ0n) is 21.7. The number of ether oxygens (including phenoxy) is 2. The predicted molar refractivity (Wildman–Crippen MR) is 139 cm³/mol. The Hall–Kier alpha value is -4.59. The van der Waals surface area contributed by atoms with Crippen LogP contribution in [0.3, 0.4) is 0 Å². The molecule has 5 aromatic rings. The average Bonchev–Trinajstić information content (AvgIpc) is 3.61. The molecule has 1 aromatic carbocycles. The van der Waals surface area contributed by atoms with Gasteiger partial charge in [0.05, 0.1) is 50.1 Å². The largest absolute Gasteiger partial charge is 0.480 e. The number of aromatic nitrogens is 8. The Morgan fingerprint density at radius 3 is 2.54 bits per heavy atom. The predicted octanol–water partition coefficient (Wildman–Crippen LogP) is 3.83. The van der Waals surface area contributed by atoms with E-state index >= 15 is 0 Å². The lowest BCUT2D eigenvalue weighted by Crippen LogP contribution is -2.27. The summed E-state index contributed by atoms with van der Waals surface area (Å²) in [4.78, 5) is 33.5. The van der Waals surface area contributed by atoms with Crippen LogP contribution in [0.15, 0.2) is 47.7 Å². The fraction of sp³-hybridized carbons (Fsp3) is 0.333. The molecular weight excluding hydrogens is 541 g/mol. The normalized spacial score (nSPS) is 15.8. The molecule has 1 N–H and O–H groups in total. The Bertz CT molecular complexity index is 1820. The Morgan fingerprint density at radius 1 is 1.10 bits per heavy atom. The number of alkyl halides is 3. The second-order valence-electron chi connectivity index (χ2n) is 10.1. The van der Waals surface area contributed by atoms with Gasteiger partial charge in [0, 0.05) is 11.8 Å². The first-order chi connectivity index (χ1) is 19.8. The van der Waals surface area contributed by atoms with Crippen LogP contribution in [0, 0.1) is 0 Å². The van der Waals surface area contributed by atoms with Gasteiger partial charge in [0.15, 0.2) is 17.2 Å². The number of nitrogens with zero attached hydrogens (tertiary/aromatic N) is 7. The van der Waals surface area contributed by atoms with Gasteiger partial charge in [-0.05, 0) is 36.6 Å². The molecule has 0 radical (unpaired) electrons. The van der Waals surface area contributed by atoms with E-state index in [9.17, 15) is 18.0 Å². The molecule has 0 atom stereocenters. The molecule has 1 saturated heterocycles. The molecule has 0 unspecified atom stereocenters. The van der Waals surface area contributed by atoms with Crippen molar-refractivity contribution in [2.45, 2.75) is 37.4 Å². The van der Waals surface area contributed by atoms with Crippen molar-refractivity contribution in [1.82, 2.24) is 39.3 Å². The van der Waals surface area contributed by atoms with Crippen molar-refractivity contribution in [1.29, 1.82) is 0 Å². The van der Waals surface area contributed by atoms with Gasteiger partial charge in [-0.2, -0.15) is 18.3 Å². The average molecular weight is 565 g/mol. The molecule has 4 aromatic heterocycles. The summed E-state index contributed by atoms with van der Waals surface area (Å²) in [5, 5.41) is 3.83. The first-order valence-corrected chi connectivity index (χ1v) is 13.0. The number of hydrogen-bond acceptors (Lipinski definition) is 8. The van der Waals surface area contributed by atoms with Crippen LogP contribution in [-0.4, -0.2) is 59.6 Å². The standard InChI is InChI=1S/C27H23F3N8O3/c1-40-25-21(22(15-4-5-15)32-13-33-25)23-31-9-18-24(35-23)37(26(39)34-18)10-14-2-6-17(7-3-14)38-19(16-11-41-12-16)8-20(36-38)27(28,29)30/h2-3,6-9,13,15-16H,4-5,10-12H2,1H3,(H,34,39). The molecule has 1 aliphatic heterocycles. The number of benzene rings is 1. The summed E-state index contributed by atoms with van der Waals surface area (Å²) in [5.74, 6) is 0.839. The van der Waals surface area contributed by atoms with Crippen molar-refractivity contribution < 1.29 is 22.6 Å². The first-order valence-electron chi connectivity index (χ1n) is 13.0. The maximum Gasteiger partial charge on any atom is 0.435 e. The van der Waals surface area contributed by atoms with Gasteiger partial charge in [-0.1, -0.05) is 12.1 Å². The van der Waals surface area contributed by atoms with Crippen LogP contribution in [0.5, 0.6) is 5.88 Å². The Balaban J connectivity index is 1.23. The molecule has 0 spiro atoms. The first kappa shape index (κ1) is 25.4. The van der Waals surface area contributed by atoms with Gasteiger partial charge >= 0.3 is 11.9 Å². The summed E-state index contributed by atoms with van der Waals surface area (Å²) < 4.78 is 53.7. The summed E-state index contributed by atoms with van der Waals surface area (Å²) >= 11 is 0. The molecule has 2 fully saturated rings. The lowest BCUT2D eigenvalue weighted by atomic mass is 10.0. The molecule has 14 heteroatoms. The molecule has 1 saturated carbocycles. The number of hydrogen-bond donors (Lipinski definition) is 1. The molecule has 2 aliphatic rings. The van der Waals surface area contributed by atoms with E-state index < -0.39 is 11.9 Å². The van der Waals surface area contributed by atoms with Gasteiger partial charge in [0.25, 0.3) is 0 Å². The van der Waals surface area contributed by atoms with Crippen molar-refractivity contribution in [3.63, 3.8) is 0 Å². The SMILES string of the molecule is COc1ncnc(C2CC2)c1-c1ncc2[nH]c(=O)n(Cc3ccc(-n4nc(C(F)(F)F)cc4C4COC4)cc3)c2n1. The van der Waals surface area contributed by atoms with Crippen LogP contribution in [-0.2, 0) is 17.5 Å². The number of imidazole rings is 1. The highest BCUT2D eigenvalue weighted by atomic mass is 19.4. The highest BCUT2D eigenvalue weighted by Gasteiger charge is 2.37. The molecule has 0 bridgehead atoms. The van der Waals surface area contributed by atoms with Gasteiger partial charge < -0.3 is 14.5 Å². The van der Waals surface area contributed by atoms with Crippen molar-refractivity contribution in [3.8, 4) is 23.0 Å². The second kappa shape index (κ2) is 9.51. The number of fused-ring (bicyclic) bond motifs is 1. The minimum Gasteiger partial charge on any atom is -0.480 e. The summed E-state index contributed by atoms with van der Waals surface area (Å²) in [6, 6.07) is 7.93. The van der Waals surface area contributed by atoms with Gasteiger partial charge in [0.2, 0.25) is 5.88 Å². The number of methoxy groups -OCH3 is 1. The van der Waals surface area contributed by atoms with Crippen LogP contribution < -0.4 is 10.4 Å². The monoisotopic (exact) mass is 564 g/mol. The molecule has 7 rings (SSSR count). The molecule has 210 valence electrons. The molecule has 11 nitrogen and oxygen atoms in total. The van der Waals surface area contributed by atoms with Gasteiger partial charge in [-0.15, -0.1) is 0 Å². The molecule has 5 heterocycles. The third-order valence-electron chi connectivity index (χ3n) is 7.34. The fourth-order valence-electron chi connectivity index (χ4n) is 4.99. The number of nitrogens with one attached hydrogen (secondary N) is 1. The van der Waals surface area contributed by atoms with Crippen molar-refractivity contribution >= 4 is 11.2 Å². The number of aromatic amines is 1. The highest BCUT2D eigenvalue weighted by Crippen LogP contribution is 2.44. The highest BCUT2D eigenvalue weighted by molar-refractivity contribution is 5.75. The van der Waals surface area contributed by atoms with Crippen molar-refractivity contribution in [2.75, 3.05) is 20.3 Å². The Morgan fingerprint density at radius 2 is 1.88 bits per heavy atom. The van der Waals surface area contributed by atoms with E-state index in [1.165, 1.54) is 22.7 Å². The molecular formula is C27H23F3N8O3. The third kappa shape index (κ3) is 4.53. The summed E-state index contributed by atoms with van der Waals surface area (Å²) in [5.41, 5.74) is 2.62. The maximum absolute atomic E-state index is 13.4. The lowest BCUT2D eigenvalue weighted by molar-refractivity contribution is -0.141.